The van der Waals surface area contributed by atoms with Crippen LogP contribution in [-0.4, -0.2) is 35.2 Å². The van der Waals surface area contributed by atoms with Gasteiger partial charge in [-0.25, -0.2) is 5.43 Å². The molecule has 0 bridgehead atoms. The van der Waals surface area contributed by atoms with E-state index in [9.17, 15) is 4.79 Å². The third kappa shape index (κ3) is 2.37. The maximum absolute atomic E-state index is 12.6. The molecule has 6 heteroatoms. The van der Waals surface area contributed by atoms with Crippen molar-refractivity contribution in [2.45, 2.75) is 18.5 Å². The maximum Gasteiger partial charge on any atom is 0.264 e. The van der Waals surface area contributed by atoms with Gasteiger partial charge in [0.2, 0.25) is 0 Å². The molecule has 0 spiro atoms. The number of rotatable bonds is 2. The number of hydrazine groups is 1. The highest BCUT2D eigenvalue weighted by atomic mass is 16.5. The summed E-state index contributed by atoms with van der Waals surface area (Å²) in [6, 6.07) is 10.1. The predicted molar refractivity (Wildman–Crippen MR) is 92.4 cm³/mol. The zero-order chi connectivity index (χ0) is 16.8. The van der Waals surface area contributed by atoms with Crippen LogP contribution in [0.25, 0.3) is 5.70 Å². The lowest BCUT2D eigenvalue weighted by atomic mass is 9.96. The Morgan fingerprint density at radius 2 is 2.24 bits per heavy atom. The van der Waals surface area contributed by atoms with Gasteiger partial charge in [-0.05, 0) is 41.0 Å². The molecular formula is C19H18N4O2. The largest absolute Gasteiger partial charge is 0.493 e. The Kier molecular flexibility index (Phi) is 3.24. The second kappa shape index (κ2) is 5.60. The molecule has 3 aliphatic heterocycles. The molecule has 4 heterocycles. The van der Waals surface area contributed by atoms with Gasteiger partial charge in [0, 0.05) is 43.1 Å². The van der Waals surface area contributed by atoms with E-state index >= 15 is 0 Å². The molecule has 1 fully saturated rings. The number of nitrogens with one attached hydrogen (secondary N) is 2. The Bertz CT molecular complexity index is 865. The molecule has 5 rings (SSSR count). The fraction of sp³-hybridized carbons (Fsp3) is 0.263. The Labute approximate surface area is 145 Å². The summed E-state index contributed by atoms with van der Waals surface area (Å²) in [5, 5.41) is 5.22. The van der Waals surface area contributed by atoms with Gasteiger partial charge in [-0.2, -0.15) is 0 Å². The molecule has 2 N–H and O–H groups in total. The van der Waals surface area contributed by atoms with Gasteiger partial charge >= 0.3 is 0 Å². The number of benzene rings is 1. The number of hydrogen-bond donors (Lipinski definition) is 2. The molecule has 0 radical (unpaired) electrons. The number of carbonyl (C=O) groups is 1. The van der Waals surface area contributed by atoms with Crippen molar-refractivity contribution >= 4 is 11.6 Å². The first-order valence-corrected chi connectivity index (χ1v) is 8.50. The smallest absolute Gasteiger partial charge is 0.264 e. The van der Waals surface area contributed by atoms with Crippen molar-refractivity contribution in [3.8, 4) is 5.75 Å². The average molecular weight is 334 g/mol. The average Bonchev–Trinajstić information content (AvgIpc) is 3.28. The van der Waals surface area contributed by atoms with Crippen molar-refractivity contribution in [2.75, 3.05) is 13.2 Å². The van der Waals surface area contributed by atoms with Gasteiger partial charge in [0.1, 0.15) is 11.9 Å². The van der Waals surface area contributed by atoms with Gasteiger partial charge in [-0.3, -0.25) is 14.8 Å². The zero-order valence-electron chi connectivity index (χ0n) is 13.6. The van der Waals surface area contributed by atoms with Crippen molar-refractivity contribution in [2.24, 2.45) is 0 Å². The third-order valence-corrected chi connectivity index (χ3v) is 5.06. The molecule has 1 aromatic carbocycles. The van der Waals surface area contributed by atoms with E-state index in [4.69, 9.17) is 4.74 Å². The van der Waals surface area contributed by atoms with E-state index in [2.05, 4.69) is 27.9 Å². The number of fused-ring (bicyclic) bond motifs is 2. The Hall–Kier alpha value is -2.86. The highest BCUT2D eigenvalue weighted by Crippen LogP contribution is 2.32. The van der Waals surface area contributed by atoms with Crippen molar-refractivity contribution in [3.05, 3.63) is 65.5 Å². The van der Waals surface area contributed by atoms with E-state index in [1.807, 2.05) is 24.4 Å². The minimum atomic E-state index is -0.124. The summed E-state index contributed by atoms with van der Waals surface area (Å²) in [7, 11) is 0. The highest BCUT2D eigenvalue weighted by molar-refractivity contribution is 5.97. The number of hydrogen-bond acceptors (Lipinski definition) is 5. The van der Waals surface area contributed by atoms with Crippen molar-refractivity contribution in [1.29, 1.82) is 0 Å². The SMILES string of the molecule is O=C1C=C(c2ccc3c(c2)CCO3)NC2C(c3cccnc3)CNN12. The molecule has 1 amide bonds. The molecule has 1 saturated heterocycles. The Morgan fingerprint density at radius 1 is 1.28 bits per heavy atom. The van der Waals surface area contributed by atoms with Crippen molar-refractivity contribution < 1.29 is 9.53 Å². The van der Waals surface area contributed by atoms with Crippen LogP contribution in [0.4, 0.5) is 0 Å². The van der Waals surface area contributed by atoms with Crippen LogP contribution in [0, 0.1) is 0 Å². The van der Waals surface area contributed by atoms with Crippen LogP contribution in [-0.2, 0) is 11.2 Å². The summed E-state index contributed by atoms with van der Waals surface area (Å²) >= 11 is 0. The molecule has 6 nitrogen and oxygen atoms in total. The monoisotopic (exact) mass is 334 g/mol. The van der Waals surface area contributed by atoms with Crippen LogP contribution in [0.3, 0.4) is 0 Å². The van der Waals surface area contributed by atoms with Crippen molar-refractivity contribution in [3.63, 3.8) is 0 Å². The molecule has 2 atom stereocenters. The summed E-state index contributed by atoms with van der Waals surface area (Å²) in [6.45, 7) is 1.43. The van der Waals surface area contributed by atoms with Crippen LogP contribution in [0.1, 0.15) is 22.6 Å². The van der Waals surface area contributed by atoms with Gasteiger partial charge in [-0.1, -0.05) is 6.07 Å². The van der Waals surface area contributed by atoms with Gasteiger partial charge in [0.25, 0.3) is 5.91 Å². The molecule has 126 valence electrons. The predicted octanol–water partition coefficient (Wildman–Crippen LogP) is 1.42. The van der Waals surface area contributed by atoms with Gasteiger partial charge < -0.3 is 10.1 Å². The molecule has 0 saturated carbocycles. The van der Waals surface area contributed by atoms with Crippen LogP contribution >= 0.6 is 0 Å². The number of amides is 1. The van der Waals surface area contributed by atoms with Crippen LogP contribution < -0.4 is 15.5 Å². The molecule has 3 aliphatic rings. The van der Waals surface area contributed by atoms with Crippen LogP contribution in [0.15, 0.2) is 48.8 Å². The fourth-order valence-electron chi connectivity index (χ4n) is 3.78. The molecular weight excluding hydrogens is 316 g/mol. The highest BCUT2D eigenvalue weighted by Gasteiger charge is 2.40. The quantitative estimate of drug-likeness (QED) is 0.869. The third-order valence-electron chi connectivity index (χ3n) is 5.06. The number of pyridine rings is 1. The van der Waals surface area contributed by atoms with E-state index < -0.39 is 0 Å². The molecule has 1 aromatic heterocycles. The number of aromatic nitrogens is 1. The van der Waals surface area contributed by atoms with Gasteiger partial charge in [0.15, 0.2) is 0 Å². The number of carbonyl (C=O) groups excluding carboxylic acids is 1. The first-order chi connectivity index (χ1) is 12.3. The van der Waals surface area contributed by atoms with Crippen LogP contribution in [0.2, 0.25) is 0 Å². The van der Waals surface area contributed by atoms with Gasteiger partial charge in [-0.15, -0.1) is 0 Å². The lowest BCUT2D eigenvalue weighted by Gasteiger charge is -2.33. The van der Waals surface area contributed by atoms with Crippen LogP contribution in [0.5, 0.6) is 5.75 Å². The minimum Gasteiger partial charge on any atom is -0.493 e. The topological polar surface area (TPSA) is 66.5 Å². The summed E-state index contributed by atoms with van der Waals surface area (Å²) in [4.78, 5) is 16.8. The Morgan fingerprint density at radius 3 is 3.12 bits per heavy atom. The molecule has 25 heavy (non-hydrogen) atoms. The number of ether oxygens (including phenoxy) is 1. The van der Waals surface area contributed by atoms with E-state index in [-0.39, 0.29) is 18.0 Å². The van der Waals surface area contributed by atoms with E-state index in [1.54, 1.807) is 17.3 Å². The minimum absolute atomic E-state index is 0.0260. The van der Waals surface area contributed by atoms with E-state index in [0.29, 0.717) is 6.54 Å². The lowest BCUT2D eigenvalue weighted by molar-refractivity contribution is -0.130. The fourth-order valence-corrected chi connectivity index (χ4v) is 3.78. The standard InChI is InChI=1S/C19H18N4O2/c24-18-9-16(12-3-4-17-13(8-12)5-7-25-17)22-19-15(11-21-23(18)19)14-2-1-6-20-10-14/h1-4,6,8-10,15,19,21-22H,5,7,11H2. The molecule has 2 aromatic rings. The first kappa shape index (κ1) is 14.5. The zero-order valence-corrected chi connectivity index (χ0v) is 13.6. The van der Waals surface area contributed by atoms with Crippen molar-refractivity contribution in [1.82, 2.24) is 20.7 Å². The lowest BCUT2D eigenvalue weighted by Crippen LogP contribution is -2.52. The van der Waals surface area contributed by atoms with E-state index in [1.165, 1.54) is 5.56 Å². The summed E-state index contributed by atoms with van der Waals surface area (Å²) in [5.41, 5.74) is 7.40. The first-order valence-electron chi connectivity index (χ1n) is 8.50. The maximum atomic E-state index is 12.6. The second-order valence-corrected chi connectivity index (χ2v) is 6.53. The van der Waals surface area contributed by atoms with Gasteiger partial charge in [0.05, 0.1) is 6.61 Å². The number of nitrogens with zero attached hydrogens (tertiary/aromatic N) is 2. The second-order valence-electron chi connectivity index (χ2n) is 6.53. The molecule has 0 aliphatic carbocycles. The summed E-state index contributed by atoms with van der Waals surface area (Å²) < 4.78 is 5.57. The normalized spacial score (nSPS) is 24.2. The summed E-state index contributed by atoms with van der Waals surface area (Å²) in [6.07, 6.45) is 6.08. The molecule has 2 unspecified atom stereocenters. The summed E-state index contributed by atoms with van der Waals surface area (Å²) in [5.74, 6) is 1.07. The Balaban J connectivity index is 1.47. The van der Waals surface area contributed by atoms with E-state index in [0.717, 1.165) is 35.6 Å².